The highest BCUT2D eigenvalue weighted by atomic mass is 32.1. The Kier molecular flexibility index (Phi) is 4.96. The van der Waals surface area contributed by atoms with Crippen molar-refractivity contribution in [1.82, 2.24) is 10.6 Å². The molecule has 0 aliphatic heterocycles. The van der Waals surface area contributed by atoms with Crippen LogP contribution in [-0.2, 0) is 0 Å². The monoisotopic (exact) mass is 200 g/mol. The summed E-state index contributed by atoms with van der Waals surface area (Å²) in [5.74, 6) is 0. The molecule has 0 atom stereocenters. The lowest BCUT2D eigenvalue weighted by molar-refractivity contribution is -0.122. The summed E-state index contributed by atoms with van der Waals surface area (Å²) in [5, 5.41) is 4.73. The van der Waals surface area contributed by atoms with E-state index in [1.807, 2.05) is 6.92 Å². The molecule has 0 spiro atoms. The number of alkyl halides is 3. The van der Waals surface area contributed by atoms with E-state index in [0.717, 1.165) is 6.42 Å². The fourth-order valence-corrected chi connectivity index (χ4v) is 0.656. The minimum atomic E-state index is -4.21. The van der Waals surface area contributed by atoms with Gasteiger partial charge < -0.3 is 10.6 Å². The molecule has 0 saturated carbocycles. The van der Waals surface area contributed by atoms with Gasteiger partial charge in [-0.15, -0.1) is 0 Å². The molecular formula is C6H11F3N2S. The zero-order valence-corrected chi connectivity index (χ0v) is 7.48. The quantitative estimate of drug-likeness (QED) is 0.674. The normalized spacial score (nSPS) is 11.0. The van der Waals surface area contributed by atoms with Gasteiger partial charge >= 0.3 is 6.18 Å². The van der Waals surface area contributed by atoms with Gasteiger partial charge in [0.15, 0.2) is 5.11 Å². The van der Waals surface area contributed by atoms with Gasteiger partial charge in [0.1, 0.15) is 6.54 Å². The average Bonchev–Trinajstić information content (AvgIpc) is 1.95. The third-order valence-electron chi connectivity index (χ3n) is 0.985. The van der Waals surface area contributed by atoms with Crippen LogP contribution in [0.4, 0.5) is 13.2 Å². The van der Waals surface area contributed by atoms with Crippen LogP contribution in [0.3, 0.4) is 0 Å². The maximum Gasteiger partial charge on any atom is 0.405 e. The lowest BCUT2D eigenvalue weighted by Crippen LogP contribution is -2.40. The van der Waals surface area contributed by atoms with E-state index < -0.39 is 12.7 Å². The van der Waals surface area contributed by atoms with Gasteiger partial charge in [-0.05, 0) is 18.6 Å². The van der Waals surface area contributed by atoms with Gasteiger partial charge in [-0.1, -0.05) is 6.92 Å². The molecule has 0 aromatic carbocycles. The van der Waals surface area contributed by atoms with E-state index in [1.165, 1.54) is 0 Å². The molecule has 0 aromatic heterocycles. The highest BCUT2D eigenvalue weighted by Crippen LogP contribution is 2.11. The Morgan fingerprint density at radius 2 is 1.92 bits per heavy atom. The molecule has 0 bridgehead atoms. The second kappa shape index (κ2) is 5.18. The summed E-state index contributed by atoms with van der Waals surface area (Å²) >= 11 is 4.57. The standard InChI is InChI=1S/C6H11F3N2S/c1-2-3-10-5(12)11-4-6(7,8)9/h2-4H2,1H3,(H2,10,11,12). The van der Waals surface area contributed by atoms with E-state index in [2.05, 4.69) is 22.9 Å². The molecule has 0 aromatic rings. The number of thiocarbonyl (C=S) groups is 1. The van der Waals surface area contributed by atoms with E-state index in [9.17, 15) is 13.2 Å². The highest BCUT2D eigenvalue weighted by molar-refractivity contribution is 7.80. The van der Waals surface area contributed by atoms with E-state index in [0.29, 0.717) is 6.54 Å². The van der Waals surface area contributed by atoms with Crippen LogP contribution in [-0.4, -0.2) is 24.4 Å². The number of rotatable bonds is 3. The van der Waals surface area contributed by atoms with Gasteiger partial charge in [0.25, 0.3) is 0 Å². The molecule has 0 heterocycles. The van der Waals surface area contributed by atoms with Crippen LogP contribution in [0.25, 0.3) is 0 Å². The fourth-order valence-electron chi connectivity index (χ4n) is 0.482. The Bertz CT molecular complexity index is 146. The van der Waals surface area contributed by atoms with E-state index >= 15 is 0 Å². The molecule has 2 N–H and O–H groups in total. The molecule has 0 saturated heterocycles. The van der Waals surface area contributed by atoms with Gasteiger partial charge in [-0.2, -0.15) is 13.2 Å². The molecule has 0 rings (SSSR count). The summed E-state index contributed by atoms with van der Waals surface area (Å²) in [5.41, 5.74) is 0. The van der Waals surface area contributed by atoms with Crippen LogP contribution < -0.4 is 10.6 Å². The third-order valence-corrected chi connectivity index (χ3v) is 1.27. The predicted molar refractivity (Wildman–Crippen MR) is 44.9 cm³/mol. The molecule has 72 valence electrons. The molecular weight excluding hydrogens is 189 g/mol. The van der Waals surface area contributed by atoms with Crippen LogP contribution in [0.1, 0.15) is 13.3 Å². The summed E-state index contributed by atoms with van der Waals surface area (Å²) in [6.45, 7) is 1.41. The zero-order chi connectivity index (χ0) is 9.61. The zero-order valence-electron chi connectivity index (χ0n) is 6.66. The van der Waals surface area contributed by atoms with Crippen molar-refractivity contribution < 1.29 is 13.2 Å². The molecule has 0 aliphatic rings. The first-order valence-electron chi connectivity index (χ1n) is 3.54. The topological polar surface area (TPSA) is 24.1 Å². The van der Waals surface area contributed by atoms with Crippen LogP contribution >= 0.6 is 12.2 Å². The Morgan fingerprint density at radius 1 is 1.33 bits per heavy atom. The predicted octanol–water partition coefficient (Wildman–Crippen LogP) is 1.42. The Morgan fingerprint density at radius 3 is 2.33 bits per heavy atom. The van der Waals surface area contributed by atoms with E-state index in [-0.39, 0.29) is 5.11 Å². The average molecular weight is 200 g/mol. The minimum Gasteiger partial charge on any atom is -0.363 e. The summed E-state index contributed by atoms with van der Waals surface area (Å²) < 4.78 is 34.8. The van der Waals surface area contributed by atoms with Crippen molar-refractivity contribution in [3.8, 4) is 0 Å². The van der Waals surface area contributed by atoms with Gasteiger partial charge in [-0.25, -0.2) is 0 Å². The Labute approximate surface area is 74.5 Å². The van der Waals surface area contributed by atoms with Crippen molar-refractivity contribution in [3.63, 3.8) is 0 Å². The SMILES string of the molecule is CCCNC(=S)NCC(F)(F)F. The van der Waals surface area contributed by atoms with Crippen LogP contribution in [0.5, 0.6) is 0 Å². The first-order chi connectivity index (χ1) is 5.45. The summed E-state index contributed by atoms with van der Waals surface area (Å²) in [7, 11) is 0. The third kappa shape index (κ3) is 7.59. The minimum absolute atomic E-state index is 0.0502. The Hall–Kier alpha value is -0.520. The maximum absolute atomic E-state index is 11.6. The van der Waals surface area contributed by atoms with Gasteiger partial charge in [-0.3, -0.25) is 0 Å². The van der Waals surface area contributed by atoms with Crippen molar-refractivity contribution >= 4 is 17.3 Å². The lowest BCUT2D eigenvalue weighted by Gasteiger charge is -2.11. The summed E-state index contributed by atoms with van der Waals surface area (Å²) in [4.78, 5) is 0. The highest BCUT2D eigenvalue weighted by Gasteiger charge is 2.26. The van der Waals surface area contributed by atoms with E-state index in [1.54, 1.807) is 0 Å². The molecule has 0 unspecified atom stereocenters. The van der Waals surface area contributed by atoms with Crippen molar-refractivity contribution in [3.05, 3.63) is 0 Å². The first kappa shape index (κ1) is 11.5. The van der Waals surface area contributed by atoms with Gasteiger partial charge in [0.05, 0.1) is 0 Å². The first-order valence-corrected chi connectivity index (χ1v) is 3.95. The van der Waals surface area contributed by atoms with Crippen molar-refractivity contribution in [2.24, 2.45) is 0 Å². The van der Waals surface area contributed by atoms with E-state index in [4.69, 9.17) is 0 Å². The molecule has 2 nitrogen and oxygen atoms in total. The van der Waals surface area contributed by atoms with Crippen molar-refractivity contribution in [1.29, 1.82) is 0 Å². The smallest absolute Gasteiger partial charge is 0.363 e. The Balaban J connectivity index is 3.44. The van der Waals surface area contributed by atoms with Crippen molar-refractivity contribution in [2.75, 3.05) is 13.1 Å². The number of hydrogen-bond acceptors (Lipinski definition) is 1. The van der Waals surface area contributed by atoms with Gasteiger partial charge in [0.2, 0.25) is 0 Å². The lowest BCUT2D eigenvalue weighted by atomic mass is 10.5. The second-order valence-corrected chi connectivity index (χ2v) is 2.63. The van der Waals surface area contributed by atoms with Gasteiger partial charge in [0, 0.05) is 6.54 Å². The molecule has 0 radical (unpaired) electrons. The maximum atomic E-state index is 11.6. The molecule has 0 amide bonds. The molecule has 0 fully saturated rings. The molecule has 6 heteroatoms. The number of hydrogen-bond donors (Lipinski definition) is 2. The molecule has 12 heavy (non-hydrogen) atoms. The van der Waals surface area contributed by atoms with Crippen LogP contribution in [0.15, 0.2) is 0 Å². The van der Waals surface area contributed by atoms with Crippen LogP contribution in [0.2, 0.25) is 0 Å². The second-order valence-electron chi connectivity index (χ2n) is 2.22. The van der Waals surface area contributed by atoms with Crippen LogP contribution in [0, 0.1) is 0 Å². The number of halogens is 3. The largest absolute Gasteiger partial charge is 0.405 e. The summed E-state index contributed by atoms with van der Waals surface area (Å²) in [6, 6.07) is 0. The number of nitrogens with one attached hydrogen (secondary N) is 2. The molecule has 0 aliphatic carbocycles. The summed E-state index contributed by atoms with van der Waals surface area (Å²) in [6.07, 6.45) is -3.38. The van der Waals surface area contributed by atoms with Crippen molar-refractivity contribution in [2.45, 2.75) is 19.5 Å². The fraction of sp³-hybridized carbons (Fsp3) is 0.833.